The Morgan fingerprint density at radius 2 is 1.73 bits per heavy atom. The lowest BCUT2D eigenvalue weighted by atomic mass is 9.95. The van der Waals surface area contributed by atoms with Crippen LogP contribution in [0.5, 0.6) is 0 Å². The van der Waals surface area contributed by atoms with Gasteiger partial charge in [-0.3, -0.25) is 9.69 Å². The molecule has 0 bridgehead atoms. The molecule has 2 aliphatic rings. The third-order valence-corrected chi connectivity index (χ3v) is 5.44. The second-order valence-electron chi connectivity index (χ2n) is 7.70. The van der Waals surface area contributed by atoms with Crippen LogP contribution in [-0.4, -0.2) is 61.6 Å². The van der Waals surface area contributed by atoms with Crippen molar-refractivity contribution >= 4 is 12.0 Å². The summed E-state index contributed by atoms with van der Waals surface area (Å²) in [6, 6.07) is 6.67. The summed E-state index contributed by atoms with van der Waals surface area (Å²) in [5.41, 5.74) is 3.90. The lowest BCUT2D eigenvalue weighted by Crippen LogP contribution is -2.42. The molecule has 2 heterocycles. The van der Waals surface area contributed by atoms with Crippen LogP contribution < -0.4 is 0 Å². The average molecular weight is 357 g/mol. The number of benzene rings is 1. The number of morpholine rings is 1. The van der Waals surface area contributed by atoms with E-state index in [0.717, 1.165) is 58.8 Å². The van der Waals surface area contributed by atoms with Crippen molar-refractivity contribution in [1.82, 2.24) is 9.80 Å². The second kappa shape index (κ2) is 9.33. The van der Waals surface area contributed by atoms with Gasteiger partial charge in [0.15, 0.2) is 0 Å². The van der Waals surface area contributed by atoms with Crippen molar-refractivity contribution in [2.24, 2.45) is 5.92 Å². The molecule has 1 aromatic rings. The van der Waals surface area contributed by atoms with Crippen LogP contribution in [0.4, 0.5) is 0 Å². The number of piperidine rings is 1. The number of hydrogen-bond donors (Lipinski definition) is 0. The third kappa shape index (κ3) is 5.68. The maximum absolute atomic E-state index is 12.5. The van der Waals surface area contributed by atoms with Crippen LogP contribution in [0.15, 0.2) is 24.3 Å². The van der Waals surface area contributed by atoms with Crippen LogP contribution in [0.1, 0.15) is 36.0 Å². The van der Waals surface area contributed by atoms with Crippen molar-refractivity contribution < 1.29 is 9.53 Å². The van der Waals surface area contributed by atoms with Crippen LogP contribution in [0.25, 0.3) is 6.08 Å². The molecule has 0 N–H and O–H groups in total. The minimum atomic E-state index is 0.313. The molecule has 2 aliphatic heterocycles. The average Bonchev–Trinajstić information content (AvgIpc) is 2.65. The van der Waals surface area contributed by atoms with Gasteiger partial charge >= 0.3 is 0 Å². The van der Waals surface area contributed by atoms with E-state index < -0.39 is 0 Å². The first-order valence-corrected chi connectivity index (χ1v) is 9.94. The number of amides is 1. The molecule has 3 rings (SSSR count). The topological polar surface area (TPSA) is 32.8 Å². The number of allylic oxidation sites excluding steroid dienone is 1. The first-order valence-electron chi connectivity index (χ1n) is 9.94. The van der Waals surface area contributed by atoms with Crippen LogP contribution in [0, 0.1) is 19.8 Å². The smallest absolute Gasteiger partial charge is 0.223 e. The largest absolute Gasteiger partial charge is 0.379 e. The van der Waals surface area contributed by atoms with E-state index in [1.165, 1.54) is 16.7 Å². The highest BCUT2D eigenvalue weighted by atomic mass is 16.5. The van der Waals surface area contributed by atoms with E-state index >= 15 is 0 Å². The summed E-state index contributed by atoms with van der Waals surface area (Å²) in [6.07, 6.45) is 7.38. The van der Waals surface area contributed by atoms with Gasteiger partial charge in [0, 0.05) is 39.1 Å². The van der Waals surface area contributed by atoms with Crippen molar-refractivity contribution in [3.63, 3.8) is 0 Å². The van der Waals surface area contributed by atoms with E-state index in [1.807, 2.05) is 0 Å². The number of carbonyl (C=O) groups is 1. The Hall–Kier alpha value is -1.65. The number of carbonyl (C=O) groups excluding carboxylic acids is 1. The molecule has 0 atom stereocenters. The Kier molecular flexibility index (Phi) is 6.86. The zero-order chi connectivity index (χ0) is 18.4. The van der Waals surface area contributed by atoms with Gasteiger partial charge in [-0.1, -0.05) is 41.5 Å². The summed E-state index contributed by atoms with van der Waals surface area (Å²) < 4.78 is 5.36. The van der Waals surface area contributed by atoms with E-state index in [4.69, 9.17) is 4.74 Å². The van der Waals surface area contributed by atoms with E-state index in [-0.39, 0.29) is 0 Å². The Labute approximate surface area is 157 Å². The van der Waals surface area contributed by atoms with Crippen LogP contribution in [0.3, 0.4) is 0 Å². The molecule has 142 valence electrons. The molecule has 0 aromatic heterocycles. The van der Waals surface area contributed by atoms with Crippen molar-refractivity contribution in [3.8, 4) is 0 Å². The molecular weight excluding hydrogens is 324 g/mol. The summed E-state index contributed by atoms with van der Waals surface area (Å²) in [4.78, 5) is 16.8. The minimum absolute atomic E-state index is 0.313. The van der Waals surface area contributed by atoms with Crippen LogP contribution in [0.2, 0.25) is 0 Å². The van der Waals surface area contributed by atoms with Gasteiger partial charge < -0.3 is 9.64 Å². The zero-order valence-corrected chi connectivity index (χ0v) is 16.2. The maximum Gasteiger partial charge on any atom is 0.223 e. The molecule has 2 saturated heterocycles. The monoisotopic (exact) mass is 356 g/mol. The standard InChI is InChI=1S/C22H32N2O2/c1-18-15-19(2)17-21(16-18)4-3-20-5-9-24(10-6-20)22(25)7-8-23-11-13-26-14-12-23/h3-4,15-17,20H,5-14H2,1-2H3/b4-3+. The quantitative estimate of drug-likeness (QED) is 0.812. The first kappa shape index (κ1) is 19.1. The van der Waals surface area contributed by atoms with Gasteiger partial charge in [0.1, 0.15) is 0 Å². The summed E-state index contributed by atoms with van der Waals surface area (Å²) in [6.45, 7) is 10.5. The van der Waals surface area contributed by atoms with E-state index in [1.54, 1.807) is 0 Å². The van der Waals surface area contributed by atoms with Gasteiger partial charge in [-0.15, -0.1) is 0 Å². The van der Waals surface area contributed by atoms with Crippen molar-refractivity contribution in [2.75, 3.05) is 45.9 Å². The molecule has 4 heteroatoms. The molecule has 2 fully saturated rings. The van der Waals surface area contributed by atoms with Gasteiger partial charge in [-0.05, 0) is 38.2 Å². The van der Waals surface area contributed by atoms with Crippen molar-refractivity contribution in [3.05, 3.63) is 41.0 Å². The molecule has 0 saturated carbocycles. The van der Waals surface area contributed by atoms with E-state index in [0.29, 0.717) is 18.2 Å². The Morgan fingerprint density at radius 3 is 2.38 bits per heavy atom. The summed E-state index contributed by atoms with van der Waals surface area (Å²) >= 11 is 0. The SMILES string of the molecule is Cc1cc(C)cc(/C=C/C2CCN(C(=O)CCN3CCOCC3)CC2)c1. The summed E-state index contributed by atoms with van der Waals surface area (Å²) in [5.74, 6) is 0.896. The van der Waals surface area contributed by atoms with Gasteiger partial charge in [-0.2, -0.15) is 0 Å². The van der Waals surface area contributed by atoms with Gasteiger partial charge in [0.2, 0.25) is 5.91 Å². The fraction of sp³-hybridized carbons (Fsp3) is 0.591. The molecule has 26 heavy (non-hydrogen) atoms. The molecule has 0 spiro atoms. The predicted molar refractivity (Wildman–Crippen MR) is 106 cm³/mol. The fourth-order valence-corrected chi connectivity index (χ4v) is 3.93. The number of hydrogen-bond acceptors (Lipinski definition) is 3. The van der Waals surface area contributed by atoms with E-state index in [9.17, 15) is 4.79 Å². The molecule has 1 aromatic carbocycles. The second-order valence-corrected chi connectivity index (χ2v) is 7.70. The van der Waals surface area contributed by atoms with Crippen molar-refractivity contribution in [2.45, 2.75) is 33.1 Å². The Morgan fingerprint density at radius 1 is 1.08 bits per heavy atom. The molecule has 0 aliphatic carbocycles. The van der Waals surface area contributed by atoms with Gasteiger partial charge in [0.25, 0.3) is 0 Å². The highest BCUT2D eigenvalue weighted by molar-refractivity contribution is 5.76. The summed E-state index contributed by atoms with van der Waals surface area (Å²) in [5, 5.41) is 0. The van der Waals surface area contributed by atoms with Crippen molar-refractivity contribution in [1.29, 1.82) is 0 Å². The number of nitrogens with zero attached hydrogens (tertiary/aromatic N) is 2. The normalized spacial score (nSPS) is 20.0. The highest BCUT2D eigenvalue weighted by Gasteiger charge is 2.22. The Balaban J connectivity index is 1.41. The van der Waals surface area contributed by atoms with Crippen LogP contribution in [-0.2, 0) is 9.53 Å². The highest BCUT2D eigenvalue weighted by Crippen LogP contribution is 2.21. The molecule has 1 amide bonds. The van der Waals surface area contributed by atoms with E-state index in [2.05, 4.69) is 54.0 Å². The van der Waals surface area contributed by atoms with Gasteiger partial charge in [0.05, 0.1) is 13.2 Å². The third-order valence-electron chi connectivity index (χ3n) is 5.44. The zero-order valence-electron chi connectivity index (χ0n) is 16.2. The first-order chi connectivity index (χ1) is 12.6. The van der Waals surface area contributed by atoms with Crippen LogP contribution >= 0.6 is 0 Å². The lowest BCUT2D eigenvalue weighted by molar-refractivity contribution is -0.133. The lowest BCUT2D eigenvalue weighted by Gasteiger charge is -2.32. The molecule has 0 radical (unpaired) electrons. The minimum Gasteiger partial charge on any atom is -0.379 e. The molecule has 4 nitrogen and oxygen atoms in total. The maximum atomic E-state index is 12.5. The number of rotatable bonds is 5. The Bertz CT molecular complexity index is 607. The fourth-order valence-electron chi connectivity index (χ4n) is 3.93. The molecular formula is C22H32N2O2. The van der Waals surface area contributed by atoms with Gasteiger partial charge in [-0.25, -0.2) is 0 Å². The molecule has 0 unspecified atom stereocenters. The number of ether oxygens (including phenoxy) is 1. The number of aryl methyl sites for hydroxylation is 2. The predicted octanol–water partition coefficient (Wildman–Crippen LogP) is 3.28. The summed E-state index contributed by atoms with van der Waals surface area (Å²) in [7, 11) is 0. The number of likely N-dealkylation sites (tertiary alicyclic amines) is 1.